The summed E-state index contributed by atoms with van der Waals surface area (Å²) in [5, 5.41) is 7.44. The van der Waals surface area contributed by atoms with Gasteiger partial charge in [0.25, 0.3) is 0 Å². The molecule has 0 aliphatic carbocycles. The van der Waals surface area contributed by atoms with Gasteiger partial charge in [0.2, 0.25) is 0 Å². The fourth-order valence-corrected chi connectivity index (χ4v) is 2.11. The molecule has 0 spiro atoms. The van der Waals surface area contributed by atoms with Crippen LogP contribution in [0.25, 0.3) is 0 Å². The standard InChI is InChI=1S/C9H21N3S/c1-5-8(9(10)11)12(3)7(2)6-13-4/h7-8H,5-6H2,1-4H3,(H3,10,11). The average molecular weight is 203 g/mol. The zero-order chi connectivity index (χ0) is 10.4. The van der Waals surface area contributed by atoms with Crippen molar-refractivity contribution in [3.05, 3.63) is 0 Å². The molecule has 3 N–H and O–H groups in total. The van der Waals surface area contributed by atoms with Crippen LogP contribution in [0.4, 0.5) is 0 Å². The van der Waals surface area contributed by atoms with Gasteiger partial charge in [-0.25, -0.2) is 0 Å². The molecule has 0 heterocycles. The van der Waals surface area contributed by atoms with Crippen molar-refractivity contribution in [1.29, 1.82) is 5.41 Å². The number of hydrogen-bond donors (Lipinski definition) is 2. The molecule has 0 aliphatic heterocycles. The SMILES string of the molecule is CCC(C(=N)N)N(C)C(C)CSC. The van der Waals surface area contributed by atoms with Crippen LogP contribution < -0.4 is 5.73 Å². The maximum Gasteiger partial charge on any atom is 0.108 e. The van der Waals surface area contributed by atoms with Crippen LogP contribution in [0.1, 0.15) is 20.3 Å². The fraction of sp³-hybridized carbons (Fsp3) is 0.889. The van der Waals surface area contributed by atoms with Gasteiger partial charge in [-0.1, -0.05) is 6.92 Å². The number of nitrogens with zero attached hydrogens (tertiary/aromatic N) is 1. The summed E-state index contributed by atoms with van der Waals surface area (Å²) >= 11 is 1.82. The highest BCUT2D eigenvalue weighted by Gasteiger charge is 2.19. The minimum atomic E-state index is 0.0992. The number of rotatable bonds is 6. The number of nitrogens with one attached hydrogen (secondary N) is 1. The summed E-state index contributed by atoms with van der Waals surface area (Å²) in [6.45, 7) is 4.23. The molecule has 0 radical (unpaired) electrons. The fourth-order valence-electron chi connectivity index (χ4n) is 1.39. The third-order valence-corrected chi connectivity index (χ3v) is 3.16. The van der Waals surface area contributed by atoms with Crippen molar-refractivity contribution < 1.29 is 0 Å². The molecular formula is C9H21N3S. The van der Waals surface area contributed by atoms with Gasteiger partial charge >= 0.3 is 0 Å². The zero-order valence-electron chi connectivity index (χ0n) is 9.00. The molecule has 0 aliphatic rings. The van der Waals surface area contributed by atoms with Gasteiger partial charge in [-0.05, 0) is 26.6 Å². The second-order valence-corrected chi connectivity index (χ2v) is 4.26. The minimum Gasteiger partial charge on any atom is -0.386 e. The molecule has 0 saturated heterocycles. The summed E-state index contributed by atoms with van der Waals surface area (Å²) in [7, 11) is 2.04. The van der Waals surface area contributed by atoms with Crippen molar-refractivity contribution in [2.75, 3.05) is 19.1 Å². The van der Waals surface area contributed by atoms with E-state index in [2.05, 4.69) is 25.0 Å². The highest BCUT2D eigenvalue weighted by molar-refractivity contribution is 7.98. The Morgan fingerprint density at radius 1 is 1.62 bits per heavy atom. The molecule has 0 bridgehead atoms. The van der Waals surface area contributed by atoms with Gasteiger partial charge in [-0.3, -0.25) is 10.3 Å². The Balaban J connectivity index is 4.18. The molecule has 4 heteroatoms. The second kappa shape index (κ2) is 6.27. The van der Waals surface area contributed by atoms with E-state index in [9.17, 15) is 0 Å². The van der Waals surface area contributed by atoms with Crippen molar-refractivity contribution in [2.45, 2.75) is 32.4 Å². The first kappa shape index (κ1) is 12.8. The first-order chi connectivity index (χ1) is 6.04. The van der Waals surface area contributed by atoms with E-state index in [4.69, 9.17) is 11.1 Å². The first-order valence-electron chi connectivity index (χ1n) is 4.59. The van der Waals surface area contributed by atoms with Crippen LogP contribution in [-0.4, -0.2) is 41.9 Å². The molecule has 2 atom stereocenters. The number of likely N-dealkylation sites (N-methyl/N-ethyl adjacent to an activating group) is 1. The number of amidine groups is 1. The molecule has 2 unspecified atom stereocenters. The maximum atomic E-state index is 7.44. The molecule has 78 valence electrons. The van der Waals surface area contributed by atoms with Crippen LogP contribution >= 0.6 is 11.8 Å². The van der Waals surface area contributed by atoms with Gasteiger partial charge in [-0.2, -0.15) is 11.8 Å². The molecule has 0 aromatic carbocycles. The van der Waals surface area contributed by atoms with Crippen LogP contribution in [0.3, 0.4) is 0 Å². The number of thioether (sulfide) groups is 1. The van der Waals surface area contributed by atoms with E-state index >= 15 is 0 Å². The molecule has 0 saturated carbocycles. The van der Waals surface area contributed by atoms with E-state index in [1.807, 2.05) is 18.8 Å². The average Bonchev–Trinajstić information content (AvgIpc) is 2.05. The second-order valence-electron chi connectivity index (χ2n) is 3.35. The monoisotopic (exact) mass is 203 g/mol. The number of nitrogens with two attached hydrogens (primary N) is 1. The summed E-state index contributed by atoms with van der Waals surface area (Å²) in [6.07, 6.45) is 3.00. The van der Waals surface area contributed by atoms with Crippen molar-refractivity contribution >= 4 is 17.6 Å². The van der Waals surface area contributed by atoms with E-state index in [-0.39, 0.29) is 11.9 Å². The lowest BCUT2D eigenvalue weighted by Crippen LogP contribution is -2.46. The Hall–Kier alpha value is -0.220. The summed E-state index contributed by atoms with van der Waals surface area (Å²) in [6, 6.07) is 0.575. The third-order valence-electron chi connectivity index (χ3n) is 2.34. The largest absolute Gasteiger partial charge is 0.386 e. The predicted octanol–water partition coefficient (Wildman–Crippen LogP) is 1.38. The first-order valence-corrected chi connectivity index (χ1v) is 5.98. The van der Waals surface area contributed by atoms with E-state index < -0.39 is 0 Å². The topological polar surface area (TPSA) is 53.1 Å². The smallest absolute Gasteiger partial charge is 0.108 e. The normalized spacial score (nSPS) is 15.8. The van der Waals surface area contributed by atoms with Gasteiger partial charge in [0.1, 0.15) is 5.84 Å². The van der Waals surface area contributed by atoms with Crippen LogP contribution in [0.5, 0.6) is 0 Å². The molecule has 13 heavy (non-hydrogen) atoms. The van der Waals surface area contributed by atoms with Crippen molar-refractivity contribution in [1.82, 2.24) is 4.90 Å². The van der Waals surface area contributed by atoms with E-state index in [0.717, 1.165) is 12.2 Å². The number of hydrogen-bond acceptors (Lipinski definition) is 3. The summed E-state index contributed by atoms with van der Waals surface area (Å²) in [5.41, 5.74) is 5.52. The predicted molar refractivity (Wildman–Crippen MR) is 61.6 cm³/mol. The van der Waals surface area contributed by atoms with E-state index in [1.54, 1.807) is 0 Å². The van der Waals surface area contributed by atoms with E-state index in [1.165, 1.54) is 0 Å². The third kappa shape index (κ3) is 4.00. The van der Waals surface area contributed by atoms with Gasteiger partial charge in [0.15, 0.2) is 0 Å². The lowest BCUT2D eigenvalue weighted by Gasteiger charge is -2.31. The summed E-state index contributed by atoms with van der Waals surface area (Å²) in [5.74, 6) is 1.36. The molecule has 0 fully saturated rings. The Labute approximate surface area is 85.6 Å². The minimum absolute atomic E-state index is 0.0992. The molecule has 0 aromatic rings. The van der Waals surface area contributed by atoms with Crippen LogP contribution in [0, 0.1) is 5.41 Å². The highest BCUT2D eigenvalue weighted by Crippen LogP contribution is 2.09. The Morgan fingerprint density at radius 2 is 2.15 bits per heavy atom. The molecular weight excluding hydrogens is 182 g/mol. The zero-order valence-corrected chi connectivity index (χ0v) is 9.82. The van der Waals surface area contributed by atoms with Gasteiger partial charge < -0.3 is 5.73 Å². The molecule has 0 amide bonds. The van der Waals surface area contributed by atoms with Crippen molar-refractivity contribution in [3.8, 4) is 0 Å². The maximum absolute atomic E-state index is 7.44. The van der Waals surface area contributed by atoms with Crippen molar-refractivity contribution in [3.63, 3.8) is 0 Å². The molecule has 3 nitrogen and oxygen atoms in total. The Morgan fingerprint density at radius 3 is 2.46 bits per heavy atom. The van der Waals surface area contributed by atoms with Crippen LogP contribution in [-0.2, 0) is 0 Å². The lowest BCUT2D eigenvalue weighted by molar-refractivity contribution is 0.238. The van der Waals surface area contributed by atoms with Gasteiger partial charge in [0.05, 0.1) is 6.04 Å². The Kier molecular flexibility index (Phi) is 6.16. The van der Waals surface area contributed by atoms with Crippen LogP contribution in [0.2, 0.25) is 0 Å². The van der Waals surface area contributed by atoms with E-state index in [0.29, 0.717) is 6.04 Å². The highest BCUT2D eigenvalue weighted by atomic mass is 32.2. The summed E-state index contributed by atoms with van der Waals surface area (Å²) < 4.78 is 0. The molecule has 0 aromatic heterocycles. The summed E-state index contributed by atoms with van der Waals surface area (Å²) in [4.78, 5) is 2.18. The van der Waals surface area contributed by atoms with Gasteiger partial charge in [0, 0.05) is 11.8 Å². The van der Waals surface area contributed by atoms with Crippen molar-refractivity contribution in [2.24, 2.45) is 5.73 Å². The van der Waals surface area contributed by atoms with Crippen LogP contribution in [0.15, 0.2) is 0 Å². The lowest BCUT2D eigenvalue weighted by atomic mass is 10.1. The quantitative estimate of drug-likeness (QED) is 0.506. The van der Waals surface area contributed by atoms with Gasteiger partial charge in [-0.15, -0.1) is 0 Å². The molecule has 0 rings (SSSR count). The Bertz CT molecular complexity index is 161.